The molecule has 2 heterocycles. The molecule has 6 heteroatoms. The molecular weight excluding hydrogens is 338 g/mol. The number of hydrogen-bond donors (Lipinski definition) is 1. The lowest BCUT2D eigenvalue weighted by Gasteiger charge is -2.41. The maximum Gasteiger partial charge on any atom is 0.254 e. The van der Waals surface area contributed by atoms with E-state index >= 15 is 0 Å². The Kier molecular flexibility index (Phi) is 4.62. The largest absolute Gasteiger partial charge is 0.367 e. The molecule has 1 aliphatic rings. The SMILES string of the molecule is Cc1ccccc1N1CCN(C(=O)c2ccc(-c3ncn[nH]3)cc2)C(C)C1. The van der Waals surface area contributed by atoms with Gasteiger partial charge in [0.25, 0.3) is 5.91 Å². The zero-order chi connectivity index (χ0) is 18.8. The second-order valence-electron chi connectivity index (χ2n) is 6.99. The number of aryl methyl sites for hydroxylation is 1. The summed E-state index contributed by atoms with van der Waals surface area (Å²) in [4.78, 5) is 21.5. The van der Waals surface area contributed by atoms with Crippen molar-refractivity contribution in [3.63, 3.8) is 0 Å². The van der Waals surface area contributed by atoms with Crippen LogP contribution in [0, 0.1) is 6.92 Å². The third-order valence-corrected chi connectivity index (χ3v) is 5.16. The van der Waals surface area contributed by atoms with E-state index in [4.69, 9.17) is 0 Å². The van der Waals surface area contributed by atoms with Crippen LogP contribution in [0.5, 0.6) is 0 Å². The monoisotopic (exact) mass is 361 g/mol. The van der Waals surface area contributed by atoms with Crippen LogP contribution < -0.4 is 4.90 Å². The molecule has 0 bridgehead atoms. The molecule has 138 valence electrons. The van der Waals surface area contributed by atoms with Crippen molar-refractivity contribution in [3.05, 3.63) is 66.0 Å². The normalized spacial score (nSPS) is 17.2. The molecule has 0 aliphatic carbocycles. The summed E-state index contributed by atoms with van der Waals surface area (Å²) in [6.07, 6.45) is 1.48. The lowest BCUT2D eigenvalue weighted by molar-refractivity contribution is 0.0674. The van der Waals surface area contributed by atoms with E-state index in [1.165, 1.54) is 17.6 Å². The summed E-state index contributed by atoms with van der Waals surface area (Å²) in [6.45, 7) is 6.65. The first-order valence-electron chi connectivity index (χ1n) is 9.21. The number of carbonyl (C=O) groups is 1. The topological polar surface area (TPSA) is 65.1 Å². The summed E-state index contributed by atoms with van der Waals surface area (Å²) in [7, 11) is 0. The first kappa shape index (κ1) is 17.3. The molecule has 1 amide bonds. The number of amides is 1. The second-order valence-corrected chi connectivity index (χ2v) is 6.99. The summed E-state index contributed by atoms with van der Waals surface area (Å²) in [5.41, 5.74) is 4.15. The van der Waals surface area contributed by atoms with Gasteiger partial charge in [0.2, 0.25) is 0 Å². The second kappa shape index (κ2) is 7.23. The lowest BCUT2D eigenvalue weighted by atomic mass is 10.1. The van der Waals surface area contributed by atoms with Gasteiger partial charge in [0, 0.05) is 42.5 Å². The molecule has 1 aliphatic heterocycles. The minimum atomic E-state index is 0.0797. The Morgan fingerprint density at radius 3 is 2.56 bits per heavy atom. The highest BCUT2D eigenvalue weighted by molar-refractivity contribution is 5.95. The summed E-state index contributed by atoms with van der Waals surface area (Å²) < 4.78 is 0. The molecule has 1 aromatic heterocycles. The standard InChI is InChI=1S/C21H23N5O/c1-15-5-3-4-6-19(15)25-11-12-26(16(2)13-25)21(27)18-9-7-17(8-10-18)20-22-14-23-24-20/h3-10,14,16H,11-13H2,1-2H3,(H,22,23,24). The van der Waals surface area contributed by atoms with Gasteiger partial charge in [-0.15, -0.1) is 0 Å². The number of benzene rings is 2. The third-order valence-electron chi connectivity index (χ3n) is 5.16. The average Bonchev–Trinajstić information content (AvgIpc) is 3.23. The van der Waals surface area contributed by atoms with E-state index in [-0.39, 0.29) is 11.9 Å². The molecule has 1 saturated heterocycles. The fourth-order valence-electron chi connectivity index (χ4n) is 3.68. The number of aromatic nitrogens is 3. The summed E-state index contributed by atoms with van der Waals surface area (Å²) in [6, 6.07) is 16.1. The smallest absolute Gasteiger partial charge is 0.254 e. The van der Waals surface area contributed by atoms with Crippen LogP contribution in [-0.2, 0) is 0 Å². The quantitative estimate of drug-likeness (QED) is 0.778. The summed E-state index contributed by atoms with van der Waals surface area (Å²) in [5.74, 6) is 0.783. The molecule has 2 aromatic carbocycles. The Bertz CT molecular complexity index is 920. The molecule has 0 radical (unpaired) electrons. The van der Waals surface area contributed by atoms with Crippen LogP contribution in [0.3, 0.4) is 0 Å². The number of nitrogens with zero attached hydrogens (tertiary/aromatic N) is 4. The maximum atomic E-state index is 13.0. The molecule has 27 heavy (non-hydrogen) atoms. The van der Waals surface area contributed by atoms with Crippen LogP contribution in [0.15, 0.2) is 54.9 Å². The van der Waals surface area contributed by atoms with Crippen LogP contribution in [0.4, 0.5) is 5.69 Å². The number of piperazine rings is 1. The molecule has 1 unspecified atom stereocenters. The van der Waals surface area contributed by atoms with Gasteiger partial charge >= 0.3 is 0 Å². The number of H-pyrrole nitrogens is 1. The van der Waals surface area contributed by atoms with Gasteiger partial charge in [0.1, 0.15) is 6.33 Å². The Morgan fingerprint density at radius 1 is 1.11 bits per heavy atom. The Hall–Kier alpha value is -3.15. The molecule has 0 spiro atoms. The third kappa shape index (κ3) is 3.43. The number of aromatic amines is 1. The Balaban J connectivity index is 1.46. The molecule has 1 atom stereocenters. The fourth-order valence-corrected chi connectivity index (χ4v) is 3.68. The van der Waals surface area contributed by atoms with Gasteiger partial charge in [-0.05, 0) is 37.6 Å². The van der Waals surface area contributed by atoms with Crippen LogP contribution in [0.25, 0.3) is 11.4 Å². The van der Waals surface area contributed by atoms with Crippen molar-refractivity contribution in [1.82, 2.24) is 20.1 Å². The van der Waals surface area contributed by atoms with Crippen molar-refractivity contribution in [3.8, 4) is 11.4 Å². The number of carbonyl (C=O) groups excluding carboxylic acids is 1. The lowest BCUT2D eigenvalue weighted by Crippen LogP contribution is -2.54. The zero-order valence-electron chi connectivity index (χ0n) is 15.6. The van der Waals surface area contributed by atoms with Crippen LogP contribution in [0.2, 0.25) is 0 Å². The predicted octanol–water partition coefficient (Wildman–Crippen LogP) is 3.13. The van der Waals surface area contributed by atoms with Crippen molar-refractivity contribution in [2.45, 2.75) is 19.9 Å². The van der Waals surface area contributed by atoms with Crippen LogP contribution in [-0.4, -0.2) is 51.7 Å². The van der Waals surface area contributed by atoms with E-state index in [0.717, 1.165) is 25.2 Å². The molecule has 6 nitrogen and oxygen atoms in total. The predicted molar refractivity (Wildman–Crippen MR) is 106 cm³/mol. The highest BCUT2D eigenvalue weighted by Crippen LogP contribution is 2.24. The van der Waals surface area contributed by atoms with Gasteiger partial charge < -0.3 is 9.80 Å². The minimum absolute atomic E-state index is 0.0797. The number of anilines is 1. The van der Waals surface area contributed by atoms with Crippen molar-refractivity contribution >= 4 is 11.6 Å². The van der Waals surface area contributed by atoms with E-state index in [1.807, 2.05) is 29.2 Å². The number of nitrogens with one attached hydrogen (secondary N) is 1. The van der Waals surface area contributed by atoms with Crippen LogP contribution >= 0.6 is 0 Å². The van der Waals surface area contributed by atoms with Gasteiger partial charge in [0.15, 0.2) is 5.82 Å². The molecular formula is C21H23N5O. The van der Waals surface area contributed by atoms with E-state index in [2.05, 4.69) is 58.2 Å². The molecule has 1 N–H and O–H groups in total. The van der Waals surface area contributed by atoms with E-state index in [0.29, 0.717) is 11.4 Å². The maximum absolute atomic E-state index is 13.0. The van der Waals surface area contributed by atoms with Crippen molar-refractivity contribution in [2.24, 2.45) is 0 Å². The molecule has 4 rings (SSSR count). The van der Waals surface area contributed by atoms with E-state index in [9.17, 15) is 4.79 Å². The van der Waals surface area contributed by atoms with Crippen molar-refractivity contribution in [2.75, 3.05) is 24.5 Å². The summed E-state index contributed by atoms with van der Waals surface area (Å²) in [5, 5.41) is 6.70. The molecule has 1 fully saturated rings. The van der Waals surface area contributed by atoms with Gasteiger partial charge in [-0.3, -0.25) is 9.89 Å². The summed E-state index contributed by atoms with van der Waals surface area (Å²) >= 11 is 0. The van der Waals surface area contributed by atoms with E-state index < -0.39 is 0 Å². The van der Waals surface area contributed by atoms with E-state index in [1.54, 1.807) is 0 Å². The van der Waals surface area contributed by atoms with Gasteiger partial charge in [-0.2, -0.15) is 5.10 Å². The molecule has 3 aromatic rings. The van der Waals surface area contributed by atoms with Gasteiger partial charge in [0.05, 0.1) is 0 Å². The zero-order valence-corrected chi connectivity index (χ0v) is 15.6. The number of hydrogen-bond acceptors (Lipinski definition) is 4. The Labute approximate surface area is 158 Å². The van der Waals surface area contributed by atoms with Gasteiger partial charge in [-0.1, -0.05) is 30.3 Å². The van der Waals surface area contributed by atoms with Crippen molar-refractivity contribution in [1.29, 1.82) is 0 Å². The highest BCUT2D eigenvalue weighted by Gasteiger charge is 2.28. The Morgan fingerprint density at radius 2 is 1.89 bits per heavy atom. The van der Waals surface area contributed by atoms with Crippen LogP contribution in [0.1, 0.15) is 22.8 Å². The van der Waals surface area contributed by atoms with Gasteiger partial charge in [-0.25, -0.2) is 4.98 Å². The minimum Gasteiger partial charge on any atom is -0.367 e. The molecule has 0 saturated carbocycles. The average molecular weight is 361 g/mol. The fraction of sp³-hybridized carbons (Fsp3) is 0.286. The first-order valence-corrected chi connectivity index (χ1v) is 9.21. The highest BCUT2D eigenvalue weighted by atomic mass is 16.2. The number of rotatable bonds is 3. The first-order chi connectivity index (χ1) is 13.1. The van der Waals surface area contributed by atoms with Crippen molar-refractivity contribution < 1.29 is 4.79 Å². The number of para-hydroxylation sites is 1.